The van der Waals surface area contributed by atoms with E-state index in [1.54, 1.807) is 18.0 Å². The Hall–Kier alpha value is -2.64. The summed E-state index contributed by atoms with van der Waals surface area (Å²) < 4.78 is 16.0. The van der Waals surface area contributed by atoms with Gasteiger partial charge in [0.2, 0.25) is 0 Å². The van der Waals surface area contributed by atoms with E-state index in [0.717, 1.165) is 12.8 Å². The first-order chi connectivity index (χ1) is 11.2. The minimum absolute atomic E-state index is 0.0943. The van der Waals surface area contributed by atoms with E-state index in [4.69, 9.17) is 14.0 Å². The van der Waals surface area contributed by atoms with Crippen molar-refractivity contribution in [2.24, 2.45) is 0 Å². The molecule has 8 heteroatoms. The third kappa shape index (κ3) is 3.25. The summed E-state index contributed by atoms with van der Waals surface area (Å²) in [4.78, 5) is 22.5. The number of hydrogen-bond acceptors (Lipinski definition) is 7. The van der Waals surface area contributed by atoms with E-state index in [2.05, 4.69) is 15.1 Å². The number of carbonyl (C=O) groups is 1. The van der Waals surface area contributed by atoms with E-state index in [9.17, 15) is 4.79 Å². The molecule has 122 valence electrons. The molecule has 1 atom stereocenters. The van der Waals surface area contributed by atoms with Crippen LogP contribution in [0.15, 0.2) is 23.1 Å². The van der Waals surface area contributed by atoms with Gasteiger partial charge in [-0.1, -0.05) is 5.16 Å². The first kappa shape index (κ1) is 15.3. The fourth-order valence-electron chi connectivity index (χ4n) is 2.58. The van der Waals surface area contributed by atoms with Gasteiger partial charge in [0.1, 0.15) is 17.4 Å². The molecule has 1 saturated heterocycles. The Morgan fingerprint density at radius 1 is 1.35 bits per heavy atom. The highest BCUT2D eigenvalue weighted by atomic mass is 16.5. The molecule has 1 aliphatic heterocycles. The summed E-state index contributed by atoms with van der Waals surface area (Å²) >= 11 is 0. The lowest BCUT2D eigenvalue weighted by Crippen LogP contribution is -2.44. The van der Waals surface area contributed by atoms with Crippen molar-refractivity contribution in [2.75, 3.05) is 20.2 Å². The molecular formula is C15H18N4O4. The zero-order valence-corrected chi connectivity index (χ0v) is 13.1. The number of carbonyl (C=O) groups excluding carboxylic acids is 1. The summed E-state index contributed by atoms with van der Waals surface area (Å²) in [6.07, 6.45) is 6.07. The number of hydrogen-bond donors (Lipinski definition) is 0. The summed E-state index contributed by atoms with van der Waals surface area (Å²) in [6, 6.07) is 0. The number of nitrogens with zero attached hydrogens (tertiary/aromatic N) is 4. The molecular weight excluding hydrogens is 300 g/mol. The summed E-state index contributed by atoms with van der Waals surface area (Å²) in [6.45, 7) is 2.88. The van der Waals surface area contributed by atoms with Crippen LogP contribution >= 0.6 is 0 Å². The molecule has 0 saturated carbocycles. The van der Waals surface area contributed by atoms with Crippen LogP contribution in [0.4, 0.5) is 0 Å². The second kappa shape index (κ2) is 6.64. The molecule has 1 amide bonds. The molecule has 0 bridgehead atoms. The second-order valence-electron chi connectivity index (χ2n) is 5.30. The minimum Gasteiger partial charge on any atom is -0.477 e. The van der Waals surface area contributed by atoms with Gasteiger partial charge in [-0.2, -0.15) is 0 Å². The third-order valence-electron chi connectivity index (χ3n) is 3.75. The van der Waals surface area contributed by atoms with Crippen LogP contribution < -0.4 is 9.47 Å². The molecule has 0 aliphatic carbocycles. The normalized spacial score (nSPS) is 17.8. The van der Waals surface area contributed by atoms with Crippen LogP contribution in [0.5, 0.6) is 11.8 Å². The minimum atomic E-state index is -0.154. The zero-order chi connectivity index (χ0) is 16.2. The van der Waals surface area contributed by atoms with Crippen molar-refractivity contribution >= 4 is 5.91 Å². The van der Waals surface area contributed by atoms with Crippen molar-refractivity contribution in [3.05, 3.63) is 29.9 Å². The van der Waals surface area contributed by atoms with Crippen LogP contribution in [-0.2, 0) is 0 Å². The van der Waals surface area contributed by atoms with Gasteiger partial charge in [-0.3, -0.25) is 4.79 Å². The van der Waals surface area contributed by atoms with Gasteiger partial charge < -0.3 is 18.9 Å². The zero-order valence-electron chi connectivity index (χ0n) is 13.1. The average Bonchev–Trinajstić information content (AvgIpc) is 3.01. The smallest absolute Gasteiger partial charge is 0.278 e. The van der Waals surface area contributed by atoms with Gasteiger partial charge in [0, 0.05) is 18.9 Å². The lowest BCUT2D eigenvalue weighted by molar-refractivity contribution is 0.0517. The van der Waals surface area contributed by atoms with E-state index in [1.165, 1.54) is 19.5 Å². The largest absolute Gasteiger partial charge is 0.477 e. The fraction of sp³-hybridized carbons (Fsp3) is 0.467. The predicted molar refractivity (Wildman–Crippen MR) is 79.4 cm³/mol. The van der Waals surface area contributed by atoms with Crippen molar-refractivity contribution in [1.29, 1.82) is 0 Å². The Kier molecular flexibility index (Phi) is 4.40. The van der Waals surface area contributed by atoms with Crippen LogP contribution in [0.2, 0.25) is 0 Å². The number of aryl methyl sites for hydroxylation is 1. The number of aromatic nitrogens is 3. The topological polar surface area (TPSA) is 90.6 Å². The third-order valence-corrected chi connectivity index (χ3v) is 3.75. The number of methoxy groups -OCH3 is 1. The lowest BCUT2D eigenvalue weighted by Gasteiger charge is -2.32. The molecule has 1 aliphatic rings. The molecule has 2 aromatic rings. The maximum absolute atomic E-state index is 12.5. The number of likely N-dealkylation sites (tertiary alicyclic amines) is 1. The van der Waals surface area contributed by atoms with Crippen molar-refractivity contribution < 1.29 is 18.8 Å². The van der Waals surface area contributed by atoms with Crippen LogP contribution in [0.1, 0.15) is 29.0 Å². The average molecular weight is 318 g/mol. The van der Waals surface area contributed by atoms with Crippen molar-refractivity contribution in [2.45, 2.75) is 25.9 Å². The molecule has 0 N–H and O–H groups in total. The fourth-order valence-corrected chi connectivity index (χ4v) is 2.58. The van der Waals surface area contributed by atoms with Gasteiger partial charge >= 0.3 is 0 Å². The van der Waals surface area contributed by atoms with Crippen molar-refractivity contribution in [1.82, 2.24) is 20.0 Å². The molecule has 2 aromatic heterocycles. The number of ether oxygens (including phenoxy) is 2. The molecule has 0 unspecified atom stereocenters. The van der Waals surface area contributed by atoms with Crippen LogP contribution in [0.3, 0.4) is 0 Å². The van der Waals surface area contributed by atoms with E-state index < -0.39 is 0 Å². The van der Waals surface area contributed by atoms with Gasteiger partial charge in [0.25, 0.3) is 17.7 Å². The maximum atomic E-state index is 12.5. The Bertz CT molecular complexity index is 688. The number of piperidine rings is 1. The Morgan fingerprint density at radius 3 is 2.83 bits per heavy atom. The molecule has 3 rings (SSSR count). The predicted octanol–water partition coefficient (Wildman–Crippen LogP) is 1.47. The molecule has 1 fully saturated rings. The van der Waals surface area contributed by atoms with Gasteiger partial charge in [0.05, 0.1) is 19.9 Å². The summed E-state index contributed by atoms with van der Waals surface area (Å²) in [5.74, 6) is 1.11. The quantitative estimate of drug-likeness (QED) is 0.843. The first-order valence-electron chi connectivity index (χ1n) is 7.41. The van der Waals surface area contributed by atoms with Crippen molar-refractivity contribution in [3.63, 3.8) is 0 Å². The summed E-state index contributed by atoms with van der Waals surface area (Å²) in [5, 5.41) is 3.66. The highest BCUT2D eigenvalue weighted by Crippen LogP contribution is 2.24. The second-order valence-corrected chi connectivity index (χ2v) is 5.30. The molecule has 0 spiro atoms. The van der Waals surface area contributed by atoms with Crippen molar-refractivity contribution in [3.8, 4) is 11.8 Å². The van der Waals surface area contributed by atoms with Gasteiger partial charge in [-0.05, 0) is 19.8 Å². The van der Waals surface area contributed by atoms with E-state index in [1.807, 2.05) is 0 Å². The highest BCUT2D eigenvalue weighted by molar-refractivity contribution is 5.94. The van der Waals surface area contributed by atoms with Crippen LogP contribution in [-0.4, -0.2) is 52.2 Å². The lowest BCUT2D eigenvalue weighted by atomic mass is 10.1. The molecule has 8 nitrogen and oxygen atoms in total. The first-order valence-corrected chi connectivity index (χ1v) is 7.41. The van der Waals surface area contributed by atoms with E-state index in [0.29, 0.717) is 36.2 Å². The Morgan fingerprint density at radius 2 is 2.13 bits per heavy atom. The molecule has 3 heterocycles. The molecule has 0 aromatic carbocycles. The van der Waals surface area contributed by atoms with E-state index in [-0.39, 0.29) is 12.0 Å². The van der Waals surface area contributed by atoms with E-state index >= 15 is 0 Å². The molecule has 0 radical (unpaired) electrons. The van der Waals surface area contributed by atoms with Gasteiger partial charge in [0.15, 0.2) is 0 Å². The van der Waals surface area contributed by atoms with Gasteiger partial charge in [-0.25, -0.2) is 9.97 Å². The standard InChI is InChI=1S/C15H18N4O4/c1-10-12(8-18-23-10)15(20)19-7-3-4-11(9-19)22-14-13(21-2)16-5-6-17-14/h5-6,8,11H,3-4,7,9H2,1-2H3/t11-/m0/s1. The summed E-state index contributed by atoms with van der Waals surface area (Å²) in [7, 11) is 1.52. The Labute approximate surface area is 133 Å². The van der Waals surface area contributed by atoms with Crippen LogP contribution in [0, 0.1) is 6.92 Å². The maximum Gasteiger partial charge on any atom is 0.278 e. The van der Waals surface area contributed by atoms with Crippen LogP contribution in [0.25, 0.3) is 0 Å². The number of amides is 1. The monoisotopic (exact) mass is 318 g/mol. The number of rotatable bonds is 4. The van der Waals surface area contributed by atoms with Gasteiger partial charge in [-0.15, -0.1) is 0 Å². The SMILES string of the molecule is COc1nccnc1O[C@H]1CCCN(C(=O)c2cnoc2C)C1. The molecule has 23 heavy (non-hydrogen) atoms. The highest BCUT2D eigenvalue weighted by Gasteiger charge is 2.28. The Balaban J connectivity index is 1.69. The summed E-state index contributed by atoms with van der Waals surface area (Å²) in [5.41, 5.74) is 0.489.